The molecular weight excluding hydrogens is 378 g/mol. The van der Waals surface area contributed by atoms with E-state index < -0.39 is 0 Å². The molecule has 0 unspecified atom stereocenters. The minimum Gasteiger partial charge on any atom is -0.369 e. The molecule has 2 aromatic carbocycles. The van der Waals surface area contributed by atoms with Gasteiger partial charge in [0.25, 0.3) is 5.91 Å². The zero-order valence-electron chi connectivity index (χ0n) is 16.7. The number of rotatable bonds is 3. The third kappa shape index (κ3) is 3.77. The molecule has 1 fully saturated rings. The molecule has 5 rings (SSSR count). The van der Waals surface area contributed by atoms with Gasteiger partial charge in [-0.05, 0) is 55.1 Å². The lowest BCUT2D eigenvalue weighted by Crippen LogP contribution is -2.44. The first-order valence-electron chi connectivity index (χ1n) is 9.99. The molecule has 3 aromatic rings. The Bertz CT molecular complexity index is 1140. The molecule has 0 radical (unpaired) electrons. The van der Waals surface area contributed by atoms with Gasteiger partial charge in [-0.15, -0.1) is 0 Å². The van der Waals surface area contributed by atoms with E-state index in [1.807, 2.05) is 30.3 Å². The summed E-state index contributed by atoms with van der Waals surface area (Å²) >= 11 is 0. The Morgan fingerprint density at radius 3 is 2.67 bits per heavy atom. The molecule has 30 heavy (non-hydrogen) atoms. The fourth-order valence-electron chi connectivity index (χ4n) is 3.68. The summed E-state index contributed by atoms with van der Waals surface area (Å²) in [6.07, 6.45) is 3.41. The molecular formula is C22H23N7O. The van der Waals surface area contributed by atoms with Gasteiger partial charge < -0.3 is 20.1 Å². The third-order valence-electron chi connectivity index (χ3n) is 5.44. The van der Waals surface area contributed by atoms with Crippen LogP contribution in [0, 0.1) is 0 Å². The van der Waals surface area contributed by atoms with Crippen LogP contribution in [0.25, 0.3) is 17.1 Å². The van der Waals surface area contributed by atoms with Gasteiger partial charge in [-0.1, -0.05) is 6.07 Å². The average molecular weight is 401 g/mol. The second-order valence-corrected chi connectivity index (χ2v) is 7.59. The van der Waals surface area contributed by atoms with E-state index in [1.165, 1.54) is 5.69 Å². The maximum absolute atomic E-state index is 12.3. The van der Waals surface area contributed by atoms with Crippen LogP contribution in [-0.4, -0.2) is 60.0 Å². The second kappa shape index (κ2) is 7.64. The monoisotopic (exact) mass is 401 g/mol. The Balaban J connectivity index is 1.28. The molecule has 0 atom stereocenters. The Labute approximate surface area is 174 Å². The van der Waals surface area contributed by atoms with Gasteiger partial charge in [0.2, 0.25) is 5.96 Å². The smallest absolute Gasteiger partial charge is 0.276 e. The molecule has 152 valence electrons. The summed E-state index contributed by atoms with van der Waals surface area (Å²) < 4.78 is 0. The summed E-state index contributed by atoms with van der Waals surface area (Å²) in [5, 5.41) is 5.96. The van der Waals surface area contributed by atoms with Crippen LogP contribution in [0.3, 0.4) is 0 Å². The number of hydrogen-bond donors (Lipinski definition) is 3. The first kappa shape index (κ1) is 18.4. The number of benzene rings is 2. The molecule has 3 heterocycles. The van der Waals surface area contributed by atoms with Crippen LogP contribution in [0.15, 0.2) is 59.5 Å². The summed E-state index contributed by atoms with van der Waals surface area (Å²) in [4.78, 5) is 28.8. The lowest BCUT2D eigenvalue weighted by Gasteiger charge is -2.34. The number of imidazole rings is 1. The number of aromatic amines is 1. The standard InChI is InChI=1S/C22H23N7O/c1-28-8-10-29(11-9-28)17-5-3-16(4-6-17)25-22-26-20(21(30)27-22)13-15-2-7-18-19(12-15)24-14-23-18/h2-7,12-14H,8-11H2,1H3,(H,23,24)(H2,25,26,27,30)/b20-13-. The second-order valence-electron chi connectivity index (χ2n) is 7.59. The third-order valence-corrected chi connectivity index (χ3v) is 5.44. The van der Waals surface area contributed by atoms with Crippen molar-refractivity contribution in [3.63, 3.8) is 0 Å². The molecule has 0 spiro atoms. The number of anilines is 2. The van der Waals surface area contributed by atoms with Crippen molar-refractivity contribution >= 4 is 40.4 Å². The van der Waals surface area contributed by atoms with Gasteiger partial charge in [-0.2, -0.15) is 0 Å². The van der Waals surface area contributed by atoms with Crippen LogP contribution < -0.4 is 15.5 Å². The van der Waals surface area contributed by atoms with Crippen molar-refractivity contribution < 1.29 is 4.79 Å². The van der Waals surface area contributed by atoms with Crippen LogP contribution in [0.5, 0.6) is 0 Å². The number of likely N-dealkylation sites (N-methyl/N-ethyl adjacent to an activating group) is 1. The van der Waals surface area contributed by atoms with Crippen molar-refractivity contribution in [1.29, 1.82) is 0 Å². The van der Waals surface area contributed by atoms with E-state index in [2.05, 4.69) is 54.6 Å². The topological polar surface area (TPSA) is 88.7 Å². The maximum Gasteiger partial charge on any atom is 0.276 e. The summed E-state index contributed by atoms with van der Waals surface area (Å²) in [5.41, 5.74) is 5.14. The number of aliphatic imine (C=N–C) groups is 1. The SMILES string of the molecule is CN1CCN(c2ccc(NC3=N/C(=C\c4ccc5[nH]cnc5c4)C(=O)N3)cc2)CC1. The summed E-state index contributed by atoms with van der Waals surface area (Å²) in [5.74, 6) is 0.202. The fourth-order valence-corrected chi connectivity index (χ4v) is 3.68. The molecule has 2 aliphatic heterocycles. The number of H-pyrrole nitrogens is 1. The van der Waals surface area contributed by atoms with E-state index in [9.17, 15) is 4.79 Å². The summed E-state index contributed by atoms with van der Waals surface area (Å²) in [7, 11) is 2.15. The van der Waals surface area contributed by atoms with Crippen LogP contribution in [0.2, 0.25) is 0 Å². The van der Waals surface area contributed by atoms with E-state index >= 15 is 0 Å². The number of hydrogen-bond acceptors (Lipinski definition) is 6. The molecule has 8 nitrogen and oxygen atoms in total. The fraction of sp³-hybridized carbons (Fsp3) is 0.227. The highest BCUT2D eigenvalue weighted by molar-refractivity contribution is 6.17. The number of amides is 1. The van der Waals surface area contributed by atoms with Gasteiger partial charge in [0.05, 0.1) is 17.4 Å². The number of aromatic nitrogens is 2. The zero-order valence-corrected chi connectivity index (χ0v) is 16.7. The predicted octanol–water partition coefficient (Wildman–Crippen LogP) is 2.25. The average Bonchev–Trinajstić information content (AvgIpc) is 3.35. The molecule has 1 amide bonds. The van der Waals surface area contributed by atoms with E-state index in [-0.39, 0.29) is 5.91 Å². The number of nitrogens with one attached hydrogen (secondary N) is 3. The number of guanidine groups is 1. The Kier molecular flexibility index (Phi) is 4.68. The van der Waals surface area contributed by atoms with Crippen molar-refractivity contribution in [3.8, 4) is 0 Å². The Morgan fingerprint density at radius 2 is 1.87 bits per heavy atom. The highest BCUT2D eigenvalue weighted by Gasteiger charge is 2.20. The largest absolute Gasteiger partial charge is 0.369 e. The van der Waals surface area contributed by atoms with E-state index in [0.29, 0.717) is 11.7 Å². The molecule has 2 aliphatic rings. The highest BCUT2D eigenvalue weighted by atomic mass is 16.2. The lowest BCUT2D eigenvalue weighted by molar-refractivity contribution is -0.115. The summed E-state index contributed by atoms with van der Waals surface area (Å²) in [6.45, 7) is 4.21. The maximum atomic E-state index is 12.3. The van der Waals surface area contributed by atoms with Crippen LogP contribution in [0.1, 0.15) is 5.56 Å². The van der Waals surface area contributed by atoms with Gasteiger partial charge in [0, 0.05) is 37.6 Å². The normalized spacial score (nSPS) is 18.7. The van der Waals surface area contributed by atoms with Gasteiger partial charge in [0.15, 0.2) is 0 Å². The van der Waals surface area contributed by atoms with Crippen molar-refractivity contribution in [2.45, 2.75) is 0 Å². The number of piperazine rings is 1. The number of carbonyl (C=O) groups is 1. The van der Waals surface area contributed by atoms with Gasteiger partial charge >= 0.3 is 0 Å². The first-order valence-corrected chi connectivity index (χ1v) is 9.99. The molecule has 8 heteroatoms. The molecule has 1 aromatic heterocycles. The van der Waals surface area contributed by atoms with Crippen LogP contribution >= 0.6 is 0 Å². The number of carbonyl (C=O) groups excluding carboxylic acids is 1. The van der Waals surface area contributed by atoms with Crippen molar-refractivity contribution in [2.75, 3.05) is 43.4 Å². The molecule has 0 saturated carbocycles. The quantitative estimate of drug-likeness (QED) is 0.586. The van der Waals surface area contributed by atoms with E-state index in [1.54, 1.807) is 12.4 Å². The Hall–Kier alpha value is -3.65. The van der Waals surface area contributed by atoms with E-state index in [0.717, 1.165) is 48.5 Å². The highest BCUT2D eigenvalue weighted by Crippen LogP contribution is 2.21. The molecule has 0 bridgehead atoms. The van der Waals surface area contributed by atoms with Crippen LogP contribution in [-0.2, 0) is 4.79 Å². The van der Waals surface area contributed by atoms with Gasteiger partial charge in [0.1, 0.15) is 5.70 Å². The summed E-state index contributed by atoms with van der Waals surface area (Å²) in [6, 6.07) is 14.0. The molecule has 1 saturated heterocycles. The van der Waals surface area contributed by atoms with Gasteiger partial charge in [-0.3, -0.25) is 10.1 Å². The van der Waals surface area contributed by atoms with Crippen LogP contribution in [0.4, 0.5) is 11.4 Å². The van der Waals surface area contributed by atoms with Crippen molar-refractivity contribution in [2.24, 2.45) is 4.99 Å². The van der Waals surface area contributed by atoms with Crippen molar-refractivity contribution in [1.82, 2.24) is 20.2 Å². The minimum atomic E-state index is -0.228. The minimum absolute atomic E-state index is 0.228. The first-order chi connectivity index (χ1) is 14.6. The predicted molar refractivity (Wildman–Crippen MR) is 119 cm³/mol. The number of nitrogens with zero attached hydrogens (tertiary/aromatic N) is 4. The zero-order chi connectivity index (χ0) is 20.5. The Morgan fingerprint density at radius 1 is 1.07 bits per heavy atom. The molecule has 0 aliphatic carbocycles. The van der Waals surface area contributed by atoms with E-state index in [4.69, 9.17) is 0 Å². The number of fused-ring (bicyclic) bond motifs is 1. The van der Waals surface area contributed by atoms with Crippen molar-refractivity contribution in [3.05, 3.63) is 60.1 Å². The lowest BCUT2D eigenvalue weighted by atomic mass is 10.1. The molecule has 3 N–H and O–H groups in total. The van der Waals surface area contributed by atoms with Gasteiger partial charge in [-0.25, -0.2) is 9.98 Å².